The summed E-state index contributed by atoms with van der Waals surface area (Å²) in [5.74, 6) is -2.84. The molecule has 0 spiro atoms. The first kappa shape index (κ1) is 21.5. The summed E-state index contributed by atoms with van der Waals surface area (Å²) in [7, 11) is 0. The smallest absolute Gasteiger partial charge is 0.341 e. The van der Waals surface area contributed by atoms with E-state index in [0.29, 0.717) is 5.13 Å². The average molecular weight is 482 g/mol. The highest BCUT2D eigenvalue weighted by Crippen LogP contribution is 2.29. The summed E-state index contributed by atoms with van der Waals surface area (Å²) < 4.78 is 16.3. The number of aromatic hydroxyl groups is 1. The number of rotatable bonds is 5. The molecule has 5 heterocycles. The Kier molecular flexibility index (Phi) is 5.17. The highest BCUT2D eigenvalue weighted by Gasteiger charge is 2.35. The third kappa shape index (κ3) is 3.71. The molecule has 4 aromatic heterocycles. The molecule has 0 saturated carbocycles. The molecular formula is C21H15FN6O5S. The highest BCUT2D eigenvalue weighted by molar-refractivity contribution is 7.12. The fourth-order valence-electron chi connectivity index (χ4n) is 3.57. The van der Waals surface area contributed by atoms with Gasteiger partial charge in [0.25, 0.3) is 0 Å². The number of fused-ring (bicyclic) bond motifs is 1. The van der Waals surface area contributed by atoms with Gasteiger partial charge in [0.05, 0.1) is 17.5 Å². The fourth-order valence-corrected chi connectivity index (χ4v) is 4.19. The largest absolute Gasteiger partial charge is 0.506 e. The van der Waals surface area contributed by atoms with Crippen molar-refractivity contribution in [3.05, 3.63) is 63.8 Å². The first-order valence-corrected chi connectivity index (χ1v) is 10.8. The maximum absolute atomic E-state index is 14.9. The lowest BCUT2D eigenvalue weighted by atomic mass is 9.99. The van der Waals surface area contributed by atoms with Gasteiger partial charge in [-0.3, -0.25) is 14.2 Å². The lowest BCUT2D eigenvalue weighted by Crippen LogP contribution is -2.52. The number of pyridine rings is 3. The van der Waals surface area contributed by atoms with Crippen molar-refractivity contribution in [2.45, 2.75) is 0 Å². The summed E-state index contributed by atoms with van der Waals surface area (Å²) in [4.78, 5) is 50.5. The number of halogens is 1. The molecule has 172 valence electrons. The van der Waals surface area contributed by atoms with E-state index in [9.17, 15) is 29.0 Å². The fraction of sp³-hybridized carbons (Fsp3) is 0.143. The van der Waals surface area contributed by atoms with Gasteiger partial charge in [0.15, 0.2) is 22.4 Å². The van der Waals surface area contributed by atoms with E-state index in [0.717, 1.165) is 12.3 Å². The van der Waals surface area contributed by atoms with Crippen LogP contribution in [0, 0.1) is 11.7 Å². The van der Waals surface area contributed by atoms with Crippen molar-refractivity contribution in [2.75, 3.05) is 23.3 Å². The van der Waals surface area contributed by atoms with Crippen LogP contribution in [-0.4, -0.2) is 54.7 Å². The van der Waals surface area contributed by atoms with Crippen LogP contribution in [-0.2, 0) is 4.79 Å². The number of nitrogens with zero attached hydrogens (tertiary/aromatic N) is 5. The Morgan fingerprint density at radius 2 is 2.03 bits per heavy atom. The number of carbonyl (C=O) groups excluding carboxylic acids is 1. The molecular weight excluding hydrogens is 467 g/mol. The molecule has 1 fully saturated rings. The minimum absolute atomic E-state index is 0.0302. The number of hydrogen-bond acceptors (Lipinski definition) is 9. The van der Waals surface area contributed by atoms with Crippen LogP contribution in [0.1, 0.15) is 10.4 Å². The molecule has 0 atom stereocenters. The van der Waals surface area contributed by atoms with Gasteiger partial charge >= 0.3 is 5.97 Å². The van der Waals surface area contributed by atoms with Crippen LogP contribution < -0.4 is 15.6 Å². The Balaban J connectivity index is 1.45. The van der Waals surface area contributed by atoms with Crippen molar-refractivity contribution in [3.8, 4) is 10.9 Å². The summed E-state index contributed by atoms with van der Waals surface area (Å²) in [5, 5.41) is 23.2. The number of nitrogens with one attached hydrogen (secondary N) is 1. The second-order valence-electron chi connectivity index (χ2n) is 7.52. The number of hydrogen-bond donors (Lipinski definition) is 3. The molecule has 0 bridgehead atoms. The minimum atomic E-state index is -1.44. The van der Waals surface area contributed by atoms with Crippen molar-refractivity contribution < 1.29 is 24.2 Å². The van der Waals surface area contributed by atoms with Gasteiger partial charge in [0.1, 0.15) is 17.1 Å². The minimum Gasteiger partial charge on any atom is -0.506 e. The normalized spacial score (nSPS) is 13.6. The summed E-state index contributed by atoms with van der Waals surface area (Å²) in [6.07, 6.45) is 3.84. The van der Waals surface area contributed by atoms with Crippen molar-refractivity contribution in [1.29, 1.82) is 0 Å². The van der Waals surface area contributed by atoms with Crippen LogP contribution in [0.15, 0.2) is 47.0 Å². The van der Waals surface area contributed by atoms with E-state index in [-0.39, 0.29) is 47.4 Å². The van der Waals surface area contributed by atoms with E-state index in [4.69, 9.17) is 0 Å². The zero-order valence-corrected chi connectivity index (χ0v) is 18.0. The summed E-state index contributed by atoms with van der Waals surface area (Å²) in [6, 6.07) is 3.81. The molecule has 11 nitrogen and oxygen atoms in total. The number of aromatic carboxylic acids is 1. The maximum atomic E-state index is 14.9. The second kappa shape index (κ2) is 8.19. The van der Waals surface area contributed by atoms with E-state index in [1.165, 1.54) is 40.4 Å². The van der Waals surface area contributed by atoms with Gasteiger partial charge in [-0.2, -0.15) is 0 Å². The number of carboxylic acid groups (broad SMARTS) is 1. The Bertz CT molecular complexity index is 1480. The van der Waals surface area contributed by atoms with Gasteiger partial charge in [-0.15, -0.1) is 11.3 Å². The van der Waals surface area contributed by atoms with E-state index < -0.39 is 28.7 Å². The molecule has 1 aliphatic heterocycles. The molecule has 13 heteroatoms. The van der Waals surface area contributed by atoms with Crippen molar-refractivity contribution in [1.82, 2.24) is 19.5 Å². The van der Waals surface area contributed by atoms with Crippen LogP contribution in [0.4, 0.5) is 16.0 Å². The third-order valence-electron chi connectivity index (χ3n) is 5.32. The Labute approximate surface area is 193 Å². The van der Waals surface area contributed by atoms with Crippen LogP contribution in [0.2, 0.25) is 0 Å². The van der Waals surface area contributed by atoms with Gasteiger partial charge in [0.2, 0.25) is 11.3 Å². The number of carbonyl (C=O) groups is 2. The predicted octanol–water partition coefficient (Wildman–Crippen LogP) is 1.85. The predicted molar refractivity (Wildman–Crippen MR) is 120 cm³/mol. The van der Waals surface area contributed by atoms with E-state index in [2.05, 4.69) is 20.3 Å². The Hall–Kier alpha value is -4.39. The van der Waals surface area contributed by atoms with Gasteiger partial charge < -0.3 is 20.4 Å². The van der Waals surface area contributed by atoms with Crippen LogP contribution >= 0.6 is 11.3 Å². The summed E-state index contributed by atoms with van der Waals surface area (Å²) in [6.45, 7) is 0.349. The standard InChI is InChI=1S/C21H15FN6O5S/c22-14-5-12-16(30)13(20(32)33)9-28(21-23-3-4-34-21)17(12)26-18(14)27-7-10(8-27)19(31)25-15-2-1-11(29)6-24-15/h1-6,9-10,29H,7-8H2,(H,32,33)(H,24,25,31). The lowest BCUT2D eigenvalue weighted by molar-refractivity contribution is -0.120. The molecule has 34 heavy (non-hydrogen) atoms. The van der Waals surface area contributed by atoms with Crippen LogP contribution in [0.5, 0.6) is 5.75 Å². The van der Waals surface area contributed by atoms with Gasteiger partial charge in [-0.1, -0.05) is 0 Å². The monoisotopic (exact) mass is 482 g/mol. The van der Waals surface area contributed by atoms with E-state index in [1.807, 2.05) is 0 Å². The molecule has 1 saturated heterocycles. The van der Waals surface area contributed by atoms with E-state index >= 15 is 0 Å². The summed E-state index contributed by atoms with van der Waals surface area (Å²) >= 11 is 1.20. The number of thiazole rings is 1. The van der Waals surface area contributed by atoms with Gasteiger partial charge in [-0.05, 0) is 18.2 Å². The molecule has 0 aromatic carbocycles. The quantitative estimate of drug-likeness (QED) is 0.387. The molecule has 4 aromatic rings. The van der Waals surface area contributed by atoms with Crippen molar-refractivity contribution in [3.63, 3.8) is 0 Å². The molecule has 0 aliphatic carbocycles. The zero-order chi connectivity index (χ0) is 24.0. The Morgan fingerprint density at radius 3 is 2.68 bits per heavy atom. The third-order valence-corrected chi connectivity index (χ3v) is 6.09. The lowest BCUT2D eigenvalue weighted by Gasteiger charge is -2.39. The summed E-state index contributed by atoms with van der Waals surface area (Å²) in [5.41, 5.74) is -1.32. The number of anilines is 2. The Morgan fingerprint density at radius 1 is 1.24 bits per heavy atom. The second-order valence-corrected chi connectivity index (χ2v) is 8.39. The molecule has 1 aliphatic rings. The molecule has 1 amide bonds. The van der Waals surface area contributed by atoms with Crippen LogP contribution in [0.3, 0.4) is 0 Å². The average Bonchev–Trinajstić information content (AvgIpc) is 3.30. The van der Waals surface area contributed by atoms with Gasteiger partial charge in [0, 0.05) is 30.9 Å². The first-order valence-electron chi connectivity index (χ1n) is 9.91. The van der Waals surface area contributed by atoms with Gasteiger partial charge in [-0.25, -0.2) is 24.1 Å². The topological polar surface area (TPSA) is 151 Å². The highest BCUT2D eigenvalue weighted by atomic mass is 32.1. The van der Waals surface area contributed by atoms with E-state index in [1.54, 1.807) is 10.3 Å². The van der Waals surface area contributed by atoms with Crippen LogP contribution in [0.25, 0.3) is 16.2 Å². The zero-order valence-electron chi connectivity index (χ0n) is 17.2. The molecule has 3 N–H and O–H groups in total. The van der Waals surface area contributed by atoms with Crippen molar-refractivity contribution in [2.24, 2.45) is 5.92 Å². The number of aromatic nitrogens is 4. The molecule has 0 unspecified atom stereocenters. The number of carboxylic acids is 1. The SMILES string of the molecule is O=C(O)c1cn(-c2nccs2)c2nc(N3CC(C(=O)Nc4ccc(O)cn4)C3)c(F)cc2c1=O. The van der Waals surface area contributed by atoms with Crippen molar-refractivity contribution >= 4 is 45.9 Å². The molecule has 5 rings (SSSR count). The molecule has 0 radical (unpaired) electrons. The maximum Gasteiger partial charge on any atom is 0.341 e. The number of amides is 1. The first-order chi connectivity index (χ1) is 16.3.